The van der Waals surface area contributed by atoms with Crippen molar-refractivity contribution in [2.45, 2.75) is 0 Å². The largest absolute Gasteiger partial charge is 0.506 e. The molecule has 0 spiro atoms. The highest BCUT2D eigenvalue weighted by Crippen LogP contribution is 2.41. The number of nitrogens with two attached hydrogens (primary N) is 2. The van der Waals surface area contributed by atoms with Gasteiger partial charge < -0.3 is 31.2 Å². The summed E-state index contributed by atoms with van der Waals surface area (Å²) in [6.07, 6.45) is 0. The molecule has 4 rings (SSSR count). The van der Waals surface area contributed by atoms with E-state index in [1.165, 1.54) is 12.1 Å². The van der Waals surface area contributed by atoms with E-state index in [1.54, 1.807) is 24.3 Å². The molecule has 4 aromatic rings. The number of hydrogen-bond donors (Lipinski definition) is 4. The van der Waals surface area contributed by atoms with Crippen molar-refractivity contribution in [3.8, 4) is 45.6 Å². The second-order valence-corrected chi connectivity index (χ2v) is 6.64. The molecule has 0 aliphatic rings. The maximum absolute atomic E-state index is 9.86. The third kappa shape index (κ3) is 3.93. The second-order valence-electron chi connectivity index (χ2n) is 6.64. The molecule has 30 heavy (non-hydrogen) atoms. The second kappa shape index (κ2) is 7.97. The molecule has 0 fully saturated rings. The number of para-hydroxylation sites is 2. The Hall–Kier alpha value is -4.32. The van der Waals surface area contributed by atoms with Gasteiger partial charge in [0, 0.05) is 23.3 Å². The van der Waals surface area contributed by atoms with Crippen molar-refractivity contribution in [1.29, 1.82) is 0 Å². The average Bonchev–Trinajstić information content (AvgIpc) is 2.74. The van der Waals surface area contributed by atoms with Crippen molar-refractivity contribution in [1.82, 2.24) is 0 Å². The van der Waals surface area contributed by atoms with Crippen LogP contribution in [-0.2, 0) is 0 Å². The molecule has 6 N–H and O–H groups in total. The van der Waals surface area contributed by atoms with E-state index in [2.05, 4.69) is 0 Å². The van der Waals surface area contributed by atoms with E-state index in [0.29, 0.717) is 23.0 Å². The third-order valence-corrected chi connectivity index (χ3v) is 4.52. The Kier molecular flexibility index (Phi) is 5.05. The molecule has 0 aliphatic carbocycles. The Morgan fingerprint density at radius 2 is 0.933 bits per heavy atom. The van der Waals surface area contributed by atoms with Crippen LogP contribution in [0.2, 0.25) is 0 Å². The van der Waals surface area contributed by atoms with E-state index in [1.807, 2.05) is 48.5 Å². The van der Waals surface area contributed by atoms with Gasteiger partial charge >= 0.3 is 0 Å². The first-order chi connectivity index (χ1) is 14.5. The van der Waals surface area contributed by atoms with Gasteiger partial charge in [0.05, 0.1) is 11.4 Å². The minimum absolute atomic E-state index is 0.0446. The van der Waals surface area contributed by atoms with Crippen LogP contribution in [0.25, 0.3) is 11.1 Å². The molecule has 6 heteroatoms. The van der Waals surface area contributed by atoms with Crippen molar-refractivity contribution in [2.24, 2.45) is 0 Å². The van der Waals surface area contributed by atoms with Gasteiger partial charge in [0.25, 0.3) is 0 Å². The standard InChI is InChI=1S/C24H20N2O4/c25-19-11-9-15(13-21(19)27)29-23-7-3-1-5-17(23)18-6-2-4-8-24(18)30-16-10-12-20(26)22(28)14-16/h1-14,27-28H,25-26H2. The molecule has 150 valence electrons. The van der Waals surface area contributed by atoms with Gasteiger partial charge in [-0.05, 0) is 36.4 Å². The topological polar surface area (TPSA) is 111 Å². The highest BCUT2D eigenvalue weighted by molar-refractivity contribution is 5.76. The van der Waals surface area contributed by atoms with E-state index < -0.39 is 0 Å². The van der Waals surface area contributed by atoms with Gasteiger partial charge in [-0.25, -0.2) is 0 Å². The van der Waals surface area contributed by atoms with Gasteiger partial charge in [0.15, 0.2) is 0 Å². The summed E-state index contributed by atoms with van der Waals surface area (Å²) in [6, 6.07) is 24.5. The summed E-state index contributed by atoms with van der Waals surface area (Å²) in [5, 5.41) is 19.7. The van der Waals surface area contributed by atoms with Crippen LogP contribution in [0.15, 0.2) is 84.9 Å². The fourth-order valence-electron chi connectivity index (χ4n) is 2.98. The third-order valence-electron chi connectivity index (χ3n) is 4.52. The first-order valence-electron chi connectivity index (χ1n) is 9.22. The number of ether oxygens (including phenoxy) is 2. The van der Waals surface area contributed by atoms with Crippen LogP contribution < -0.4 is 20.9 Å². The molecule has 6 nitrogen and oxygen atoms in total. The smallest absolute Gasteiger partial charge is 0.142 e. The number of anilines is 2. The van der Waals surface area contributed by atoms with Gasteiger partial charge in [0.2, 0.25) is 0 Å². The molecular formula is C24H20N2O4. The Morgan fingerprint density at radius 1 is 0.533 bits per heavy atom. The van der Waals surface area contributed by atoms with Crippen LogP contribution in [0.4, 0.5) is 11.4 Å². The molecule has 4 aromatic carbocycles. The molecular weight excluding hydrogens is 380 g/mol. The average molecular weight is 400 g/mol. The summed E-state index contributed by atoms with van der Waals surface area (Å²) in [4.78, 5) is 0. The van der Waals surface area contributed by atoms with E-state index in [4.69, 9.17) is 20.9 Å². The lowest BCUT2D eigenvalue weighted by Gasteiger charge is -2.15. The van der Waals surface area contributed by atoms with Crippen LogP contribution in [0.5, 0.6) is 34.5 Å². The molecule has 0 aliphatic heterocycles. The molecule has 0 bridgehead atoms. The molecule has 0 unspecified atom stereocenters. The van der Waals surface area contributed by atoms with Crippen LogP contribution in [0.1, 0.15) is 0 Å². The lowest BCUT2D eigenvalue weighted by Crippen LogP contribution is -1.93. The van der Waals surface area contributed by atoms with E-state index in [9.17, 15) is 10.2 Å². The molecule has 0 saturated heterocycles. The molecule has 0 saturated carbocycles. The number of phenolic OH excluding ortho intramolecular Hbond substituents is 2. The highest BCUT2D eigenvalue weighted by Gasteiger charge is 2.13. The van der Waals surface area contributed by atoms with Crippen molar-refractivity contribution < 1.29 is 19.7 Å². The van der Waals surface area contributed by atoms with Crippen molar-refractivity contribution >= 4 is 11.4 Å². The van der Waals surface area contributed by atoms with Gasteiger partial charge in [-0.15, -0.1) is 0 Å². The quantitative estimate of drug-likeness (QED) is 0.259. The first kappa shape index (κ1) is 19.0. The van der Waals surface area contributed by atoms with Crippen LogP contribution in [0, 0.1) is 0 Å². The number of aromatic hydroxyl groups is 2. The highest BCUT2D eigenvalue weighted by atomic mass is 16.5. The van der Waals surface area contributed by atoms with Crippen molar-refractivity contribution in [3.63, 3.8) is 0 Å². The fraction of sp³-hybridized carbons (Fsp3) is 0. The van der Waals surface area contributed by atoms with Gasteiger partial charge in [-0.3, -0.25) is 0 Å². The molecule has 0 atom stereocenters. The zero-order valence-corrected chi connectivity index (χ0v) is 15.9. The Labute approximate surface area is 173 Å². The first-order valence-corrected chi connectivity index (χ1v) is 9.22. The number of hydrogen-bond acceptors (Lipinski definition) is 6. The summed E-state index contributed by atoms with van der Waals surface area (Å²) in [5.41, 5.74) is 13.5. The Balaban J connectivity index is 1.71. The van der Waals surface area contributed by atoms with Gasteiger partial charge in [-0.1, -0.05) is 36.4 Å². The monoisotopic (exact) mass is 400 g/mol. The summed E-state index contributed by atoms with van der Waals surface area (Å²) in [5.74, 6) is 1.98. The summed E-state index contributed by atoms with van der Waals surface area (Å²) in [6.45, 7) is 0. The van der Waals surface area contributed by atoms with Crippen molar-refractivity contribution in [3.05, 3.63) is 84.9 Å². The Bertz CT molecular complexity index is 1110. The van der Waals surface area contributed by atoms with E-state index >= 15 is 0 Å². The fourth-order valence-corrected chi connectivity index (χ4v) is 2.98. The lowest BCUT2D eigenvalue weighted by molar-refractivity contribution is 0.454. The maximum atomic E-state index is 9.86. The predicted molar refractivity (Wildman–Crippen MR) is 117 cm³/mol. The summed E-state index contributed by atoms with van der Waals surface area (Å²) < 4.78 is 12.0. The lowest BCUT2D eigenvalue weighted by atomic mass is 10.0. The van der Waals surface area contributed by atoms with E-state index in [0.717, 1.165) is 11.1 Å². The molecule has 0 heterocycles. The summed E-state index contributed by atoms with van der Waals surface area (Å²) in [7, 11) is 0. The zero-order valence-electron chi connectivity index (χ0n) is 15.9. The summed E-state index contributed by atoms with van der Waals surface area (Å²) >= 11 is 0. The van der Waals surface area contributed by atoms with Crippen LogP contribution in [-0.4, -0.2) is 10.2 Å². The number of nitrogen functional groups attached to an aromatic ring is 2. The SMILES string of the molecule is Nc1ccc(Oc2ccccc2-c2ccccc2Oc2ccc(N)c(O)c2)cc1O. The van der Waals surface area contributed by atoms with Crippen LogP contribution >= 0.6 is 0 Å². The molecule has 0 aromatic heterocycles. The van der Waals surface area contributed by atoms with E-state index in [-0.39, 0.29) is 22.9 Å². The minimum Gasteiger partial charge on any atom is -0.506 e. The van der Waals surface area contributed by atoms with Crippen LogP contribution in [0.3, 0.4) is 0 Å². The minimum atomic E-state index is -0.0446. The number of rotatable bonds is 5. The molecule has 0 amide bonds. The number of benzene rings is 4. The predicted octanol–water partition coefficient (Wildman–Crippen LogP) is 5.51. The van der Waals surface area contributed by atoms with Gasteiger partial charge in [-0.2, -0.15) is 0 Å². The normalized spacial score (nSPS) is 10.5. The zero-order chi connectivity index (χ0) is 21.1. The maximum Gasteiger partial charge on any atom is 0.142 e. The molecule has 0 radical (unpaired) electrons. The van der Waals surface area contributed by atoms with Crippen molar-refractivity contribution in [2.75, 3.05) is 11.5 Å². The van der Waals surface area contributed by atoms with Gasteiger partial charge in [0.1, 0.15) is 34.5 Å². The number of phenols is 2. The Morgan fingerprint density at radius 3 is 1.33 bits per heavy atom.